The first-order valence-corrected chi connectivity index (χ1v) is 8.01. The predicted octanol–water partition coefficient (Wildman–Crippen LogP) is 4.53. The fourth-order valence-electron chi connectivity index (χ4n) is 2.52. The van der Waals surface area contributed by atoms with Crippen molar-refractivity contribution < 1.29 is 13.9 Å². The average Bonchev–Trinajstić information content (AvgIpc) is 2.93. The van der Waals surface area contributed by atoms with Crippen LogP contribution in [0, 0.1) is 5.92 Å². The first-order valence-electron chi connectivity index (χ1n) is 7.64. The molecule has 0 aliphatic heterocycles. The maximum Gasteiger partial charge on any atom is 0.344 e. The van der Waals surface area contributed by atoms with Crippen molar-refractivity contribution in [1.82, 2.24) is 9.97 Å². The van der Waals surface area contributed by atoms with E-state index in [1.54, 1.807) is 0 Å². The van der Waals surface area contributed by atoms with Crippen molar-refractivity contribution in [2.24, 2.45) is 5.92 Å². The molecule has 2 aromatic heterocycles. The normalized spacial score (nSPS) is 11.2. The molecule has 0 fully saturated rings. The number of esters is 1. The van der Waals surface area contributed by atoms with Crippen molar-refractivity contribution >= 4 is 28.8 Å². The highest BCUT2D eigenvalue weighted by Gasteiger charge is 2.26. The topological polar surface area (TPSA) is 65.2 Å². The van der Waals surface area contributed by atoms with Crippen molar-refractivity contribution in [3.8, 4) is 11.3 Å². The van der Waals surface area contributed by atoms with Crippen LogP contribution in [-0.4, -0.2) is 23.0 Å². The van der Waals surface area contributed by atoms with Crippen LogP contribution < -0.4 is 0 Å². The summed E-state index contributed by atoms with van der Waals surface area (Å²) >= 11 is 6.26. The van der Waals surface area contributed by atoms with Crippen LogP contribution in [0.5, 0.6) is 0 Å². The lowest BCUT2D eigenvalue weighted by Crippen LogP contribution is -2.04. The summed E-state index contributed by atoms with van der Waals surface area (Å²) in [6, 6.07) is 9.31. The summed E-state index contributed by atoms with van der Waals surface area (Å²) in [5.74, 6) is 0.225. The van der Waals surface area contributed by atoms with Gasteiger partial charge in [-0.2, -0.15) is 0 Å². The lowest BCUT2D eigenvalue weighted by molar-refractivity contribution is 0.0603. The zero-order valence-electron chi connectivity index (χ0n) is 13.7. The van der Waals surface area contributed by atoms with E-state index in [2.05, 4.69) is 23.8 Å². The van der Waals surface area contributed by atoms with E-state index >= 15 is 0 Å². The number of rotatable bonds is 4. The number of nitrogens with zero attached hydrogens (tertiary/aromatic N) is 2. The SMILES string of the molecule is COC(=O)c1c(-c2ccccc2)oc2nc(CC(C)C)c(Cl)nc12. The number of carbonyl (C=O) groups excluding carboxylic acids is 1. The molecule has 0 bridgehead atoms. The molecule has 0 amide bonds. The van der Waals surface area contributed by atoms with E-state index in [1.165, 1.54) is 7.11 Å². The van der Waals surface area contributed by atoms with Crippen molar-refractivity contribution in [3.63, 3.8) is 0 Å². The largest absolute Gasteiger partial charge is 0.465 e. The molecule has 0 N–H and O–H groups in total. The molecule has 0 spiro atoms. The van der Waals surface area contributed by atoms with Crippen LogP contribution in [0.15, 0.2) is 34.7 Å². The summed E-state index contributed by atoms with van der Waals surface area (Å²) in [6.45, 7) is 4.14. The predicted molar refractivity (Wildman–Crippen MR) is 92.1 cm³/mol. The van der Waals surface area contributed by atoms with Crippen LogP contribution in [0.1, 0.15) is 29.9 Å². The van der Waals surface area contributed by atoms with Crippen molar-refractivity contribution in [1.29, 1.82) is 0 Å². The summed E-state index contributed by atoms with van der Waals surface area (Å²) in [5.41, 5.74) is 2.25. The summed E-state index contributed by atoms with van der Waals surface area (Å²) in [7, 11) is 1.32. The van der Waals surface area contributed by atoms with Crippen LogP contribution in [-0.2, 0) is 11.2 Å². The minimum absolute atomic E-state index is 0.240. The van der Waals surface area contributed by atoms with Gasteiger partial charge in [-0.1, -0.05) is 55.8 Å². The third-order valence-electron chi connectivity index (χ3n) is 3.58. The zero-order valence-corrected chi connectivity index (χ0v) is 14.4. The fraction of sp³-hybridized carbons (Fsp3) is 0.278. The van der Waals surface area contributed by atoms with E-state index in [0.29, 0.717) is 29.3 Å². The molecule has 0 aliphatic rings. The number of aromatic nitrogens is 2. The lowest BCUT2D eigenvalue weighted by Gasteiger charge is -2.05. The number of hydrogen-bond donors (Lipinski definition) is 0. The van der Waals surface area contributed by atoms with Gasteiger partial charge in [-0.3, -0.25) is 0 Å². The van der Waals surface area contributed by atoms with Gasteiger partial charge in [0.05, 0.1) is 12.8 Å². The molecular formula is C18H17ClN2O3. The minimum atomic E-state index is -0.533. The number of fused-ring (bicyclic) bond motifs is 1. The van der Waals surface area contributed by atoms with Gasteiger partial charge in [0, 0.05) is 5.56 Å². The van der Waals surface area contributed by atoms with Gasteiger partial charge in [-0.25, -0.2) is 14.8 Å². The van der Waals surface area contributed by atoms with E-state index < -0.39 is 5.97 Å². The third kappa shape index (κ3) is 2.99. The Balaban J connectivity index is 2.26. The first kappa shape index (κ1) is 16.5. The summed E-state index contributed by atoms with van der Waals surface area (Å²) in [6.07, 6.45) is 0.677. The molecule has 3 aromatic rings. The second kappa shape index (κ2) is 6.61. The number of benzene rings is 1. The molecule has 0 unspecified atom stereocenters. The van der Waals surface area contributed by atoms with E-state index in [4.69, 9.17) is 20.8 Å². The Labute approximate surface area is 144 Å². The minimum Gasteiger partial charge on any atom is -0.465 e. The summed E-state index contributed by atoms with van der Waals surface area (Å²) in [5, 5.41) is 0.279. The van der Waals surface area contributed by atoms with Crippen LogP contribution in [0.3, 0.4) is 0 Å². The van der Waals surface area contributed by atoms with Gasteiger partial charge in [-0.05, 0) is 12.3 Å². The van der Waals surface area contributed by atoms with Gasteiger partial charge in [0.15, 0.2) is 10.9 Å². The smallest absolute Gasteiger partial charge is 0.344 e. The molecule has 0 saturated heterocycles. The van der Waals surface area contributed by atoms with E-state index in [-0.39, 0.29) is 16.4 Å². The van der Waals surface area contributed by atoms with Crippen LogP contribution in [0.25, 0.3) is 22.6 Å². The van der Waals surface area contributed by atoms with Crippen molar-refractivity contribution in [3.05, 3.63) is 46.7 Å². The molecule has 3 rings (SSSR count). The van der Waals surface area contributed by atoms with Crippen LogP contribution in [0.2, 0.25) is 5.15 Å². The van der Waals surface area contributed by atoms with Crippen LogP contribution in [0.4, 0.5) is 0 Å². The zero-order chi connectivity index (χ0) is 17.3. The van der Waals surface area contributed by atoms with Gasteiger partial charge in [-0.15, -0.1) is 0 Å². The molecule has 124 valence electrons. The van der Waals surface area contributed by atoms with E-state index in [1.807, 2.05) is 30.3 Å². The van der Waals surface area contributed by atoms with Gasteiger partial charge in [0.1, 0.15) is 11.1 Å². The molecule has 1 aromatic carbocycles. The molecular weight excluding hydrogens is 328 g/mol. The highest BCUT2D eigenvalue weighted by Crippen LogP contribution is 2.33. The van der Waals surface area contributed by atoms with Crippen LogP contribution >= 0.6 is 11.6 Å². The van der Waals surface area contributed by atoms with Crippen molar-refractivity contribution in [2.45, 2.75) is 20.3 Å². The van der Waals surface area contributed by atoms with Gasteiger partial charge >= 0.3 is 5.97 Å². The fourth-order valence-corrected chi connectivity index (χ4v) is 2.73. The number of ether oxygens (including phenoxy) is 1. The first-order chi connectivity index (χ1) is 11.5. The molecule has 0 radical (unpaired) electrons. The summed E-state index contributed by atoms with van der Waals surface area (Å²) < 4.78 is 10.7. The number of hydrogen-bond acceptors (Lipinski definition) is 5. The number of halogens is 1. The highest BCUT2D eigenvalue weighted by molar-refractivity contribution is 6.30. The Morgan fingerprint density at radius 2 is 1.96 bits per heavy atom. The number of carbonyl (C=O) groups is 1. The maximum absolute atomic E-state index is 12.3. The standard InChI is InChI=1S/C18H17ClN2O3/c1-10(2)9-12-16(19)21-14-13(18(22)23-3)15(24-17(14)20-12)11-7-5-4-6-8-11/h4-8,10H,9H2,1-3H3. The Morgan fingerprint density at radius 3 is 2.58 bits per heavy atom. The second-order valence-corrected chi connectivity index (χ2v) is 6.23. The number of methoxy groups -OCH3 is 1. The highest BCUT2D eigenvalue weighted by atomic mass is 35.5. The molecule has 5 nitrogen and oxygen atoms in total. The van der Waals surface area contributed by atoms with E-state index in [0.717, 1.165) is 5.56 Å². The molecule has 2 heterocycles. The molecule has 0 saturated carbocycles. The van der Waals surface area contributed by atoms with Gasteiger partial charge in [0.25, 0.3) is 0 Å². The molecule has 0 aliphatic carbocycles. The monoisotopic (exact) mass is 344 g/mol. The van der Waals surface area contributed by atoms with Crippen molar-refractivity contribution in [2.75, 3.05) is 7.11 Å². The summed E-state index contributed by atoms with van der Waals surface area (Å²) in [4.78, 5) is 21.1. The Kier molecular flexibility index (Phi) is 4.53. The average molecular weight is 345 g/mol. The Hall–Kier alpha value is -2.40. The molecule has 6 heteroatoms. The third-order valence-corrected chi connectivity index (χ3v) is 3.88. The Bertz CT molecular complexity index is 888. The van der Waals surface area contributed by atoms with Gasteiger partial charge in [0.2, 0.25) is 5.71 Å². The lowest BCUT2D eigenvalue weighted by atomic mass is 10.1. The molecule has 0 atom stereocenters. The van der Waals surface area contributed by atoms with Gasteiger partial charge < -0.3 is 9.15 Å². The Morgan fingerprint density at radius 1 is 1.25 bits per heavy atom. The second-order valence-electron chi connectivity index (χ2n) is 5.88. The molecule has 24 heavy (non-hydrogen) atoms. The quantitative estimate of drug-likeness (QED) is 0.650. The van der Waals surface area contributed by atoms with E-state index in [9.17, 15) is 4.79 Å². The number of furan rings is 1. The maximum atomic E-state index is 12.3.